The van der Waals surface area contributed by atoms with E-state index in [9.17, 15) is 9.59 Å². The first-order chi connectivity index (χ1) is 11.5. The van der Waals surface area contributed by atoms with E-state index >= 15 is 0 Å². The third-order valence-corrected chi connectivity index (χ3v) is 5.23. The molecule has 0 spiro atoms. The first-order valence-corrected chi connectivity index (χ1v) is 8.95. The van der Waals surface area contributed by atoms with Gasteiger partial charge >= 0.3 is 0 Å². The van der Waals surface area contributed by atoms with Gasteiger partial charge in [-0.1, -0.05) is 18.2 Å². The minimum atomic E-state index is -0.406. The van der Waals surface area contributed by atoms with Crippen LogP contribution in [0.3, 0.4) is 0 Å². The summed E-state index contributed by atoms with van der Waals surface area (Å²) in [5.74, 6) is -0.406. The number of nitrogens with zero attached hydrogens (tertiary/aromatic N) is 1. The minimum absolute atomic E-state index is 0.00575. The Balaban J connectivity index is 1.83. The number of rotatable bonds is 3. The largest absolute Gasteiger partial charge is 0.348 e. The maximum Gasteiger partial charge on any atom is 0.257 e. The van der Waals surface area contributed by atoms with Crippen molar-refractivity contribution in [3.05, 3.63) is 61.1 Å². The van der Waals surface area contributed by atoms with Gasteiger partial charge in [0.25, 0.3) is 5.91 Å². The molecule has 0 saturated heterocycles. The summed E-state index contributed by atoms with van der Waals surface area (Å²) in [6.07, 6.45) is 7.92. The number of carbonyl (C=O) groups is 1. The molecule has 124 valence electrons. The van der Waals surface area contributed by atoms with Gasteiger partial charge in [0.2, 0.25) is 5.43 Å². The van der Waals surface area contributed by atoms with E-state index in [0.717, 1.165) is 21.3 Å². The van der Waals surface area contributed by atoms with Crippen LogP contribution in [-0.4, -0.2) is 27.8 Å². The van der Waals surface area contributed by atoms with Gasteiger partial charge in [-0.3, -0.25) is 9.59 Å². The van der Waals surface area contributed by atoms with Crippen molar-refractivity contribution in [2.45, 2.75) is 18.7 Å². The van der Waals surface area contributed by atoms with E-state index in [-0.39, 0.29) is 16.4 Å². The summed E-state index contributed by atoms with van der Waals surface area (Å²) in [6.45, 7) is 2.23. The van der Waals surface area contributed by atoms with Crippen LogP contribution in [0.25, 0.3) is 11.0 Å². The number of amides is 1. The molecule has 0 aliphatic heterocycles. The van der Waals surface area contributed by atoms with E-state index in [0.29, 0.717) is 17.6 Å². The van der Waals surface area contributed by atoms with Gasteiger partial charge in [-0.25, -0.2) is 4.98 Å². The maximum atomic E-state index is 12.6. The molecule has 1 aliphatic rings. The van der Waals surface area contributed by atoms with Gasteiger partial charge in [0.15, 0.2) is 0 Å². The van der Waals surface area contributed by atoms with Crippen LogP contribution in [0.5, 0.6) is 0 Å². The molecule has 0 fully saturated rings. The van der Waals surface area contributed by atoms with Crippen LogP contribution in [0.1, 0.15) is 22.5 Å². The Bertz CT molecular complexity index is 933. The summed E-state index contributed by atoms with van der Waals surface area (Å²) >= 11 is 8.09. The number of allylic oxidation sites excluding steroid dienone is 2. The van der Waals surface area contributed by atoms with Crippen LogP contribution < -0.4 is 10.7 Å². The normalized spacial score (nSPS) is 17.0. The van der Waals surface area contributed by atoms with E-state index in [1.807, 2.05) is 25.2 Å². The summed E-state index contributed by atoms with van der Waals surface area (Å²) in [5, 5.41) is 3.19. The number of aromatic nitrogens is 2. The van der Waals surface area contributed by atoms with Crippen molar-refractivity contribution in [2.75, 3.05) is 6.54 Å². The zero-order chi connectivity index (χ0) is 17.3. The molecule has 2 heterocycles. The van der Waals surface area contributed by atoms with Gasteiger partial charge < -0.3 is 10.3 Å². The van der Waals surface area contributed by atoms with E-state index in [1.165, 1.54) is 6.20 Å². The lowest BCUT2D eigenvalue weighted by atomic mass is 10.1. The maximum absolute atomic E-state index is 12.6. The Kier molecular flexibility index (Phi) is 5.05. The molecular weight excluding hydrogens is 441 g/mol. The number of fused-ring (bicyclic) bond motifs is 1. The molecule has 2 N–H and O–H groups in total. The monoisotopic (exact) mass is 455 g/mol. The van der Waals surface area contributed by atoms with Crippen LogP contribution in [0, 0.1) is 10.5 Å². The zero-order valence-electron chi connectivity index (χ0n) is 12.9. The van der Waals surface area contributed by atoms with Crippen LogP contribution in [0.4, 0.5) is 0 Å². The number of hydrogen-bond acceptors (Lipinski definition) is 3. The number of aryl methyl sites for hydroxylation is 1. The Morgan fingerprint density at radius 3 is 3.04 bits per heavy atom. The lowest BCUT2D eigenvalue weighted by Gasteiger charge is -2.11. The Labute approximate surface area is 157 Å². The highest BCUT2D eigenvalue weighted by Crippen LogP contribution is 2.15. The van der Waals surface area contributed by atoms with Crippen molar-refractivity contribution in [1.82, 2.24) is 15.3 Å². The first kappa shape index (κ1) is 17.2. The zero-order valence-corrected chi connectivity index (χ0v) is 15.8. The Hall–Kier alpha value is -1.67. The summed E-state index contributed by atoms with van der Waals surface area (Å²) in [4.78, 5) is 32.2. The van der Waals surface area contributed by atoms with Crippen LogP contribution >= 0.6 is 34.2 Å². The number of pyridine rings is 2. The van der Waals surface area contributed by atoms with E-state index in [4.69, 9.17) is 11.6 Å². The van der Waals surface area contributed by atoms with Gasteiger partial charge in [-0.05, 0) is 47.6 Å². The molecule has 0 aromatic carbocycles. The summed E-state index contributed by atoms with van der Waals surface area (Å²) in [5.41, 5.74) is 2.06. The summed E-state index contributed by atoms with van der Waals surface area (Å²) in [7, 11) is 0. The minimum Gasteiger partial charge on any atom is -0.348 e. The van der Waals surface area contributed by atoms with Crippen molar-refractivity contribution >= 4 is 51.1 Å². The first-order valence-electron chi connectivity index (χ1n) is 7.43. The molecule has 5 nitrogen and oxygen atoms in total. The van der Waals surface area contributed by atoms with Crippen LogP contribution in [-0.2, 0) is 0 Å². The number of hydrogen-bond donors (Lipinski definition) is 2. The third kappa shape index (κ3) is 3.54. The molecule has 0 saturated carbocycles. The highest BCUT2D eigenvalue weighted by molar-refractivity contribution is 14.1. The smallest absolute Gasteiger partial charge is 0.257 e. The molecule has 1 amide bonds. The molecular formula is C17H15ClIN3O2. The highest BCUT2D eigenvalue weighted by Gasteiger charge is 2.15. The molecule has 2 aromatic heterocycles. The van der Waals surface area contributed by atoms with E-state index < -0.39 is 5.91 Å². The van der Waals surface area contributed by atoms with Gasteiger partial charge in [-0.15, -0.1) is 11.6 Å². The lowest BCUT2D eigenvalue weighted by molar-refractivity contribution is 0.0956. The van der Waals surface area contributed by atoms with Gasteiger partial charge in [0.1, 0.15) is 11.2 Å². The summed E-state index contributed by atoms with van der Waals surface area (Å²) < 4.78 is 0.885. The second-order valence-corrected chi connectivity index (χ2v) is 7.28. The molecule has 1 aliphatic carbocycles. The average molecular weight is 456 g/mol. The number of nitrogens with one attached hydrogen (secondary N) is 2. The Morgan fingerprint density at radius 2 is 2.33 bits per heavy atom. The van der Waals surface area contributed by atoms with Gasteiger partial charge in [-0.2, -0.15) is 0 Å². The molecule has 2 aromatic rings. The van der Waals surface area contributed by atoms with Crippen LogP contribution in [0.2, 0.25) is 0 Å². The predicted octanol–water partition coefficient (Wildman–Crippen LogP) is 3.06. The summed E-state index contributed by atoms with van der Waals surface area (Å²) in [6, 6.07) is 1.75. The fourth-order valence-corrected chi connectivity index (χ4v) is 3.02. The standard InChI is InChI=1S/C17H15ClIN3O2/c1-9-14(19)6-12-15(23)13(8-20-16(12)22-9)17(24)21-7-10-2-4-11(18)5-3-10/h2-4,6,8,11H,5,7H2,1H3,(H,21,24)(H,20,22,23). The highest BCUT2D eigenvalue weighted by atomic mass is 127. The fourth-order valence-electron chi connectivity index (χ4n) is 2.43. The van der Waals surface area contributed by atoms with Gasteiger partial charge in [0.05, 0.1) is 16.5 Å². The van der Waals surface area contributed by atoms with E-state index in [1.54, 1.807) is 6.07 Å². The van der Waals surface area contributed by atoms with Crippen molar-refractivity contribution in [1.29, 1.82) is 0 Å². The average Bonchev–Trinajstić information content (AvgIpc) is 2.56. The number of halogens is 2. The topological polar surface area (TPSA) is 74.8 Å². The van der Waals surface area contributed by atoms with Crippen LogP contribution in [0.15, 0.2) is 40.9 Å². The third-order valence-electron chi connectivity index (χ3n) is 3.82. The molecule has 1 atom stereocenters. The molecule has 24 heavy (non-hydrogen) atoms. The second kappa shape index (κ2) is 7.06. The second-order valence-electron chi connectivity index (χ2n) is 5.56. The molecule has 0 radical (unpaired) electrons. The molecule has 1 unspecified atom stereocenters. The number of aromatic amines is 1. The number of alkyl halides is 1. The molecule has 0 bridgehead atoms. The van der Waals surface area contributed by atoms with Gasteiger partial charge in [0, 0.05) is 16.3 Å². The van der Waals surface area contributed by atoms with Crippen molar-refractivity contribution < 1.29 is 4.79 Å². The van der Waals surface area contributed by atoms with Crippen molar-refractivity contribution in [2.24, 2.45) is 0 Å². The van der Waals surface area contributed by atoms with Crippen molar-refractivity contribution in [3.8, 4) is 0 Å². The predicted molar refractivity (Wildman–Crippen MR) is 104 cm³/mol. The fraction of sp³-hybridized carbons (Fsp3) is 0.235. The quantitative estimate of drug-likeness (QED) is 0.552. The SMILES string of the molecule is Cc1nc2[nH]cc(C(=O)NCC3=CCC(Cl)C=C3)c(=O)c2cc1I. The lowest BCUT2D eigenvalue weighted by Crippen LogP contribution is -2.30. The molecule has 7 heteroatoms. The number of H-pyrrole nitrogens is 1. The molecule has 3 rings (SSSR count). The van der Waals surface area contributed by atoms with Crippen molar-refractivity contribution in [3.63, 3.8) is 0 Å². The Morgan fingerprint density at radius 1 is 1.54 bits per heavy atom. The number of carbonyl (C=O) groups excluding carboxylic acids is 1. The van der Waals surface area contributed by atoms with E-state index in [2.05, 4.69) is 37.9 Å².